The number of nitrogens with zero attached hydrogens (tertiary/aromatic N) is 1. The number of furan rings is 1. The Morgan fingerprint density at radius 3 is 2.64 bits per heavy atom. The van der Waals surface area contributed by atoms with Crippen LogP contribution in [0.5, 0.6) is 0 Å². The Kier molecular flexibility index (Phi) is 7.06. The summed E-state index contributed by atoms with van der Waals surface area (Å²) >= 11 is 1.57. The fraction of sp³-hybridized carbons (Fsp3) is 0.412. The number of nitrogens with one attached hydrogen (secondary N) is 1. The van der Waals surface area contributed by atoms with Gasteiger partial charge >= 0.3 is 0 Å². The van der Waals surface area contributed by atoms with Crippen LogP contribution < -0.4 is 4.72 Å². The normalized spacial score (nSPS) is 12.0. The van der Waals surface area contributed by atoms with Crippen LogP contribution in [0.2, 0.25) is 0 Å². The van der Waals surface area contributed by atoms with E-state index in [1.807, 2.05) is 31.1 Å². The Labute approximate surface area is 152 Å². The Bertz CT molecular complexity index is 804. The molecule has 2 rings (SSSR count). The van der Waals surface area contributed by atoms with E-state index in [1.165, 1.54) is 12.1 Å². The molecule has 0 bridgehead atoms. The molecule has 1 aromatic heterocycles. The molecule has 0 radical (unpaired) electrons. The number of thioether (sulfide) groups is 1. The van der Waals surface area contributed by atoms with Crippen molar-refractivity contribution in [1.82, 2.24) is 9.62 Å². The van der Waals surface area contributed by atoms with E-state index in [0.717, 1.165) is 24.1 Å². The fourth-order valence-corrected chi connectivity index (χ4v) is 4.42. The van der Waals surface area contributed by atoms with Crippen LogP contribution in [0.4, 0.5) is 4.39 Å². The molecule has 1 aromatic carbocycles. The predicted octanol–water partition coefficient (Wildman–Crippen LogP) is 3.00. The van der Waals surface area contributed by atoms with Crippen molar-refractivity contribution < 1.29 is 17.2 Å². The van der Waals surface area contributed by atoms with Gasteiger partial charge in [0.1, 0.15) is 17.3 Å². The summed E-state index contributed by atoms with van der Waals surface area (Å²) in [5, 5.41) is 0. The molecule has 138 valence electrons. The zero-order chi connectivity index (χ0) is 18.4. The van der Waals surface area contributed by atoms with Gasteiger partial charge in [-0.25, -0.2) is 17.5 Å². The van der Waals surface area contributed by atoms with E-state index in [-0.39, 0.29) is 11.4 Å². The third-order valence-corrected chi connectivity index (χ3v) is 6.00. The lowest BCUT2D eigenvalue weighted by Crippen LogP contribution is -2.26. The van der Waals surface area contributed by atoms with Gasteiger partial charge in [-0.05, 0) is 50.8 Å². The van der Waals surface area contributed by atoms with Gasteiger partial charge in [-0.1, -0.05) is 6.07 Å². The highest BCUT2D eigenvalue weighted by molar-refractivity contribution is 7.98. The van der Waals surface area contributed by atoms with E-state index in [9.17, 15) is 12.8 Å². The highest BCUT2D eigenvalue weighted by Gasteiger charge is 2.17. The van der Waals surface area contributed by atoms with Gasteiger partial charge in [0.25, 0.3) is 0 Å². The molecule has 8 heteroatoms. The van der Waals surface area contributed by atoms with Crippen molar-refractivity contribution in [3.05, 3.63) is 53.2 Å². The Morgan fingerprint density at radius 2 is 1.92 bits per heavy atom. The van der Waals surface area contributed by atoms with E-state index in [2.05, 4.69) is 4.72 Å². The summed E-state index contributed by atoms with van der Waals surface area (Å²) in [4.78, 5) is 2.01. The molecule has 0 amide bonds. The van der Waals surface area contributed by atoms with Crippen LogP contribution in [0.3, 0.4) is 0 Å². The Morgan fingerprint density at radius 1 is 1.20 bits per heavy atom. The van der Waals surface area contributed by atoms with Crippen LogP contribution in [0.15, 0.2) is 39.6 Å². The molecule has 0 saturated heterocycles. The molecule has 0 atom stereocenters. The minimum Gasteiger partial charge on any atom is -0.464 e. The molecule has 1 N–H and O–H groups in total. The molecule has 0 aliphatic heterocycles. The van der Waals surface area contributed by atoms with E-state index in [0.29, 0.717) is 17.1 Å². The van der Waals surface area contributed by atoms with Crippen molar-refractivity contribution in [3.8, 4) is 0 Å². The number of hydrogen-bond acceptors (Lipinski definition) is 5. The molecule has 2 aromatic rings. The van der Waals surface area contributed by atoms with Crippen molar-refractivity contribution in [2.75, 3.05) is 26.4 Å². The third-order valence-electron chi connectivity index (χ3n) is 3.41. The first-order valence-corrected chi connectivity index (χ1v) is 10.5. The number of sulfonamides is 1. The fourth-order valence-electron chi connectivity index (χ4n) is 2.26. The Balaban J connectivity index is 1.79. The highest BCUT2D eigenvalue weighted by Crippen LogP contribution is 2.18. The number of rotatable bonds is 9. The average Bonchev–Trinajstić information content (AvgIpc) is 2.95. The summed E-state index contributed by atoms with van der Waals surface area (Å²) in [7, 11) is 0.251. The maximum atomic E-state index is 13.3. The third kappa shape index (κ3) is 6.14. The second-order valence-electron chi connectivity index (χ2n) is 5.97. The van der Waals surface area contributed by atoms with Crippen LogP contribution in [0, 0.1) is 12.7 Å². The van der Waals surface area contributed by atoms with Gasteiger partial charge in [0.2, 0.25) is 10.0 Å². The summed E-state index contributed by atoms with van der Waals surface area (Å²) in [5.41, 5.74) is 0.519. The van der Waals surface area contributed by atoms with E-state index >= 15 is 0 Å². The molecular formula is C17H23FN2O3S2. The zero-order valence-electron chi connectivity index (χ0n) is 14.6. The number of aryl methyl sites for hydroxylation is 1. The van der Waals surface area contributed by atoms with Gasteiger partial charge in [-0.15, -0.1) is 0 Å². The molecule has 0 aliphatic rings. The first-order valence-electron chi connectivity index (χ1n) is 7.84. The largest absolute Gasteiger partial charge is 0.464 e. The highest BCUT2D eigenvalue weighted by atomic mass is 32.2. The molecule has 1 heterocycles. The predicted molar refractivity (Wildman–Crippen MR) is 98.6 cm³/mol. The van der Waals surface area contributed by atoms with Gasteiger partial charge in [-0.3, -0.25) is 0 Å². The summed E-state index contributed by atoms with van der Waals surface area (Å²) in [5.74, 6) is 2.48. The molecular weight excluding hydrogens is 363 g/mol. The lowest BCUT2D eigenvalue weighted by atomic mass is 10.2. The summed E-state index contributed by atoms with van der Waals surface area (Å²) in [6.45, 7) is 2.66. The summed E-state index contributed by atoms with van der Waals surface area (Å²) in [6, 6.07) is 7.64. The van der Waals surface area contributed by atoms with Crippen LogP contribution in [-0.2, 0) is 22.3 Å². The summed E-state index contributed by atoms with van der Waals surface area (Å²) < 4.78 is 46.0. The zero-order valence-corrected chi connectivity index (χ0v) is 16.2. The monoisotopic (exact) mass is 386 g/mol. The van der Waals surface area contributed by atoms with Crippen molar-refractivity contribution >= 4 is 21.8 Å². The quantitative estimate of drug-likeness (QED) is 0.671. The maximum absolute atomic E-state index is 13.3. The SMILES string of the molecule is Cc1ccc(F)cc1S(=O)(=O)NCCSCc1ccc(CN(C)C)o1. The Hall–Kier alpha value is -1.35. The summed E-state index contributed by atoms with van der Waals surface area (Å²) in [6.07, 6.45) is 0. The minimum absolute atomic E-state index is 0.0168. The van der Waals surface area contributed by atoms with Crippen molar-refractivity contribution in [2.24, 2.45) is 0 Å². The second kappa shape index (κ2) is 8.84. The van der Waals surface area contributed by atoms with Crippen LogP contribution in [-0.4, -0.2) is 39.7 Å². The van der Waals surface area contributed by atoms with Gasteiger partial charge < -0.3 is 9.32 Å². The molecule has 5 nitrogen and oxygen atoms in total. The molecule has 0 aliphatic carbocycles. The number of halogens is 1. The molecule has 0 spiro atoms. The van der Waals surface area contributed by atoms with E-state index in [1.54, 1.807) is 18.7 Å². The number of benzene rings is 1. The molecule has 0 saturated carbocycles. The van der Waals surface area contributed by atoms with Crippen LogP contribution in [0.25, 0.3) is 0 Å². The lowest BCUT2D eigenvalue weighted by molar-refractivity contribution is 0.344. The van der Waals surface area contributed by atoms with Gasteiger partial charge in [0, 0.05) is 12.3 Å². The molecule has 0 unspecified atom stereocenters. The molecule has 0 fully saturated rings. The van der Waals surface area contributed by atoms with Crippen LogP contribution >= 0.6 is 11.8 Å². The minimum atomic E-state index is -3.70. The lowest BCUT2D eigenvalue weighted by Gasteiger charge is -2.09. The van der Waals surface area contributed by atoms with E-state index in [4.69, 9.17) is 4.42 Å². The van der Waals surface area contributed by atoms with Crippen molar-refractivity contribution in [1.29, 1.82) is 0 Å². The van der Waals surface area contributed by atoms with Crippen molar-refractivity contribution in [2.45, 2.75) is 24.1 Å². The smallest absolute Gasteiger partial charge is 0.240 e. The van der Waals surface area contributed by atoms with Gasteiger partial charge in [0.15, 0.2) is 0 Å². The topological polar surface area (TPSA) is 62.6 Å². The van der Waals surface area contributed by atoms with Crippen molar-refractivity contribution in [3.63, 3.8) is 0 Å². The van der Waals surface area contributed by atoms with Gasteiger partial charge in [-0.2, -0.15) is 11.8 Å². The average molecular weight is 387 g/mol. The second-order valence-corrected chi connectivity index (χ2v) is 8.81. The van der Waals surface area contributed by atoms with Gasteiger partial charge in [0.05, 0.1) is 17.2 Å². The van der Waals surface area contributed by atoms with Crippen LogP contribution in [0.1, 0.15) is 17.1 Å². The molecule has 25 heavy (non-hydrogen) atoms. The maximum Gasteiger partial charge on any atom is 0.240 e. The first kappa shape index (κ1) is 20.0. The number of hydrogen-bond donors (Lipinski definition) is 1. The standard InChI is InChI=1S/C17H23FN2O3S2/c1-13-4-5-14(18)10-17(13)25(21,22)19-8-9-24-12-16-7-6-15(23-16)11-20(2)3/h4-7,10,19H,8-9,11-12H2,1-3H3. The first-order chi connectivity index (χ1) is 11.8. The van der Waals surface area contributed by atoms with E-state index < -0.39 is 15.8 Å².